The molecule has 0 fully saturated rings. The van der Waals surface area contributed by atoms with Crippen LogP contribution in [0.4, 0.5) is 0 Å². The predicted molar refractivity (Wildman–Crippen MR) is 30.5 cm³/mol. The lowest BCUT2D eigenvalue weighted by molar-refractivity contribution is -0.137. The lowest BCUT2D eigenvalue weighted by Crippen LogP contribution is -2.15. The molecule has 0 spiro atoms. The molecule has 0 rings (SSSR count). The van der Waals surface area contributed by atoms with Crippen LogP contribution in [0.5, 0.6) is 0 Å². The molecule has 0 saturated heterocycles. The maximum Gasteiger partial charge on any atom is 0.303 e. The second-order valence-corrected chi connectivity index (χ2v) is 1.91. The van der Waals surface area contributed by atoms with Gasteiger partial charge in [0.15, 0.2) is 0 Å². The van der Waals surface area contributed by atoms with E-state index in [1.807, 2.05) is 0 Å². The minimum absolute atomic E-state index is 0.00565. The van der Waals surface area contributed by atoms with Crippen LogP contribution in [-0.2, 0) is 4.79 Å². The molecule has 0 heterocycles. The summed E-state index contributed by atoms with van der Waals surface area (Å²) in [5, 5.41) is 8.11. The smallest absolute Gasteiger partial charge is 0.303 e. The molecule has 0 aromatic carbocycles. The predicted octanol–water partition coefficient (Wildman–Crippen LogP) is 0.198. The summed E-state index contributed by atoms with van der Waals surface area (Å²) in [5.74, 6) is -0.776. The SMILES string of the molecule is C[C@H](N)CCC(=O)O. The van der Waals surface area contributed by atoms with Crippen molar-refractivity contribution in [1.82, 2.24) is 0 Å². The lowest BCUT2D eigenvalue weighted by Gasteiger charge is -1.98. The molecule has 3 nitrogen and oxygen atoms in total. The zero-order chi connectivity index (χ0) is 6.57. The van der Waals surface area contributed by atoms with Gasteiger partial charge in [0, 0.05) is 12.5 Å². The van der Waals surface area contributed by atoms with Crippen molar-refractivity contribution in [2.75, 3.05) is 0 Å². The Labute approximate surface area is 48.5 Å². The minimum atomic E-state index is -0.776. The summed E-state index contributed by atoms with van der Waals surface area (Å²) >= 11 is 0. The lowest BCUT2D eigenvalue weighted by atomic mass is 10.2. The Morgan fingerprint density at radius 1 is 1.88 bits per heavy atom. The number of rotatable bonds is 3. The second kappa shape index (κ2) is 3.43. The molecule has 0 aromatic rings. The van der Waals surface area contributed by atoms with Crippen LogP contribution in [0.2, 0.25) is 0 Å². The van der Waals surface area contributed by atoms with E-state index in [9.17, 15) is 4.79 Å². The summed E-state index contributed by atoms with van der Waals surface area (Å²) in [4.78, 5) is 9.85. The molecule has 1 atom stereocenters. The van der Waals surface area contributed by atoms with Crippen molar-refractivity contribution in [3.05, 3.63) is 0 Å². The number of nitrogens with two attached hydrogens (primary N) is 1. The van der Waals surface area contributed by atoms with E-state index in [-0.39, 0.29) is 12.5 Å². The first-order valence-electron chi connectivity index (χ1n) is 2.60. The van der Waals surface area contributed by atoms with Gasteiger partial charge in [-0.2, -0.15) is 0 Å². The van der Waals surface area contributed by atoms with Crippen molar-refractivity contribution in [2.45, 2.75) is 25.8 Å². The van der Waals surface area contributed by atoms with Crippen molar-refractivity contribution in [3.8, 4) is 0 Å². The van der Waals surface area contributed by atoms with Crippen LogP contribution in [0.3, 0.4) is 0 Å². The highest BCUT2D eigenvalue weighted by molar-refractivity contribution is 5.66. The van der Waals surface area contributed by atoms with Gasteiger partial charge < -0.3 is 10.8 Å². The number of carbonyl (C=O) groups is 1. The molecular formula is C5H11NO2. The molecular weight excluding hydrogens is 106 g/mol. The van der Waals surface area contributed by atoms with Gasteiger partial charge in [0.1, 0.15) is 0 Å². The zero-order valence-electron chi connectivity index (χ0n) is 4.92. The van der Waals surface area contributed by atoms with E-state index in [0.29, 0.717) is 6.42 Å². The van der Waals surface area contributed by atoms with E-state index in [0.717, 1.165) is 0 Å². The van der Waals surface area contributed by atoms with Gasteiger partial charge in [0.05, 0.1) is 0 Å². The van der Waals surface area contributed by atoms with Gasteiger partial charge in [0.25, 0.3) is 0 Å². The van der Waals surface area contributed by atoms with Gasteiger partial charge in [-0.1, -0.05) is 0 Å². The maximum absolute atomic E-state index is 9.85. The van der Waals surface area contributed by atoms with E-state index < -0.39 is 5.97 Å². The van der Waals surface area contributed by atoms with Crippen LogP contribution in [0.1, 0.15) is 19.8 Å². The third-order valence-electron chi connectivity index (χ3n) is 0.814. The molecule has 0 aliphatic rings. The highest BCUT2D eigenvalue weighted by atomic mass is 16.4. The summed E-state index contributed by atoms with van der Waals surface area (Å²) in [7, 11) is 0. The third-order valence-corrected chi connectivity index (χ3v) is 0.814. The highest BCUT2D eigenvalue weighted by Crippen LogP contribution is 1.91. The summed E-state index contributed by atoms with van der Waals surface area (Å²) in [6, 6.07) is 0.00565. The average Bonchev–Trinajstić information content (AvgIpc) is 1.61. The Morgan fingerprint density at radius 3 is 2.50 bits per heavy atom. The molecule has 0 aliphatic heterocycles. The fourth-order valence-corrected chi connectivity index (χ4v) is 0.351. The Morgan fingerprint density at radius 2 is 2.38 bits per heavy atom. The van der Waals surface area contributed by atoms with Crippen LogP contribution in [0.15, 0.2) is 0 Å². The first kappa shape index (κ1) is 7.43. The van der Waals surface area contributed by atoms with E-state index in [2.05, 4.69) is 0 Å². The normalized spacial score (nSPS) is 13.2. The van der Waals surface area contributed by atoms with Crippen LogP contribution in [0.25, 0.3) is 0 Å². The first-order chi connectivity index (χ1) is 3.63. The van der Waals surface area contributed by atoms with E-state index in [1.54, 1.807) is 6.92 Å². The fraction of sp³-hybridized carbons (Fsp3) is 0.800. The topological polar surface area (TPSA) is 63.3 Å². The maximum atomic E-state index is 9.85. The van der Waals surface area contributed by atoms with Crippen molar-refractivity contribution >= 4 is 5.97 Å². The van der Waals surface area contributed by atoms with Gasteiger partial charge in [-0.15, -0.1) is 0 Å². The molecule has 0 radical (unpaired) electrons. The number of carboxylic acids is 1. The standard InChI is InChI=1S/C5H11NO2/c1-4(6)2-3-5(7)8/h4H,2-3,6H2,1H3,(H,7,8)/t4-/m0/s1. The minimum Gasteiger partial charge on any atom is -0.481 e. The summed E-state index contributed by atoms with van der Waals surface area (Å²) in [6.45, 7) is 1.79. The molecule has 8 heavy (non-hydrogen) atoms. The van der Waals surface area contributed by atoms with Gasteiger partial charge in [-0.25, -0.2) is 0 Å². The molecule has 48 valence electrons. The molecule has 0 bridgehead atoms. The van der Waals surface area contributed by atoms with Crippen molar-refractivity contribution in [3.63, 3.8) is 0 Å². The average molecular weight is 117 g/mol. The van der Waals surface area contributed by atoms with E-state index >= 15 is 0 Å². The number of carboxylic acid groups (broad SMARTS) is 1. The molecule has 3 N–H and O–H groups in total. The fourth-order valence-electron chi connectivity index (χ4n) is 0.351. The van der Waals surface area contributed by atoms with Crippen molar-refractivity contribution < 1.29 is 9.90 Å². The van der Waals surface area contributed by atoms with E-state index in [4.69, 9.17) is 10.8 Å². The number of aliphatic carboxylic acids is 1. The van der Waals surface area contributed by atoms with Gasteiger partial charge in [-0.05, 0) is 13.3 Å². The van der Waals surface area contributed by atoms with Crippen molar-refractivity contribution in [1.29, 1.82) is 0 Å². The van der Waals surface area contributed by atoms with Gasteiger partial charge in [-0.3, -0.25) is 4.79 Å². The number of hydrogen-bond acceptors (Lipinski definition) is 2. The van der Waals surface area contributed by atoms with Crippen LogP contribution in [0, 0.1) is 0 Å². The first-order valence-corrected chi connectivity index (χ1v) is 2.60. The molecule has 0 amide bonds. The van der Waals surface area contributed by atoms with Crippen LogP contribution in [-0.4, -0.2) is 17.1 Å². The largest absolute Gasteiger partial charge is 0.481 e. The van der Waals surface area contributed by atoms with Crippen molar-refractivity contribution in [2.24, 2.45) is 5.73 Å². The van der Waals surface area contributed by atoms with E-state index in [1.165, 1.54) is 0 Å². The van der Waals surface area contributed by atoms with Crippen LogP contribution < -0.4 is 5.73 Å². The second-order valence-electron chi connectivity index (χ2n) is 1.91. The van der Waals surface area contributed by atoms with Crippen LogP contribution >= 0.6 is 0 Å². The van der Waals surface area contributed by atoms with Gasteiger partial charge >= 0.3 is 5.97 Å². The number of hydrogen-bond donors (Lipinski definition) is 2. The quantitative estimate of drug-likeness (QED) is 0.555. The Kier molecular flexibility index (Phi) is 3.19. The molecule has 3 heteroatoms. The summed E-state index contributed by atoms with van der Waals surface area (Å²) in [6.07, 6.45) is 0.743. The highest BCUT2D eigenvalue weighted by Gasteiger charge is 1.98. The molecule has 0 unspecified atom stereocenters. The van der Waals surface area contributed by atoms with Gasteiger partial charge in [0.2, 0.25) is 0 Å². The summed E-state index contributed by atoms with van der Waals surface area (Å²) < 4.78 is 0. The molecule has 0 saturated carbocycles. The summed E-state index contributed by atoms with van der Waals surface area (Å²) in [5.41, 5.74) is 5.28. The third kappa shape index (κ3) is 5.43. The zero-order valence-corrected chi connectivity index (χ0v) is 4.92. The molecule has 0 aliphatic carbocycles. The Hall–Kier alpha value is -0.570. The Bertz CT molecular complexity index is 80.5. The monoisotopic (exact) mass is 117 g/mol. The molecule has 0 aromatic heterocycles. The Balaban J connectivity index is 3.05.